The minimum atomic E-state index is -3.18. The molecule has 0 atom stereocenters. The van der Waals surface area contributed by atoms with Crippen LogP contribution in [0.15, 0.2) is 22.5 Å². The molecule has 74 valence electrons. The van der Waals surface area contributed by atoms with Crippen molar-refractivity contribution in [3.05, 3.63) is 22.5 Å². The van der Waals surface area contributed by atoms with Crippen molar-refractivity contribution < 1.29 is 4.57 Å². The lowest BCUT2D eigenvalue weighted by Gasteiger charge is -2.11. The Bertz CT molecular complexity index is 290. The van der Waals surface area contributed by atoms with E-state index in [0.717, 1.165) is 24.8 Å². The summed E-state index contributed by atoms with van der Waals surface area (Å²) in [5.74, 6) is -1.93. The van der Waals surface area contributed by atoms with Crippen molar-refractivity contribution in [1.29, 1.82) is 0 Å². The van der Waals surface area contributed by atoms with Crippen LogP contribution in [0.25, 0.3) is 0 Å². The average molecular weight is 260 g/mol. The van der Waals surface area contributed by atoms with Crippen LogP contribution >= 0.6 is 39.9 Å². The van der Waals surface area contributed by atoms with E-state index in [9.17, 15) is 4.57 Å². The highest BCUT2D eigenvalue weighted by Crippen LogP contribution is 2.59. The van der Waals surface area contributed by atoms with Crippen molar-refractivity contribution in [1.82, 2.24) is 0 Å². The molecule has 0 saturated heterocycles. The van der Waals surface area contributed by atoms with Gasteiger partial charge in [-0.15, -0.1) is 0 Å². The van der Waals surface area contributed by atoms with Gasteiger partial charge in [-0.2, -0.15) is 0 Å². The monoisotopic (exact) mass is 258 g/mol. The minimum absolute atomic E-state index is 0.438. The molecule has 0 aromatic rings. The second-order valence-corrected chi connectivity index (χ2v) is 8.16. The molecule has 0 radical (unpaired) electrons. The van der Waals surface area contributed by atoms with Gasteiger partial charge in [0.05, 0.1) is 0 Å². The van der Waals surface area contributed by atoms with Gasteiger partial charge in [0.1, 0.15) is 0 Å². The summed E-state index contributed by atoms with van der Waals surface area (Å²) < 4.78 is 11.0. The molecule has 0 heterocycles. The summed E-state index contributed by atoms with van der Waals surface area (Å²) in [6, 6.07) is 0. The van der Waals surface area contributed by atoms with Crippen LogP contribution in [0.2, 0.25) is 0 Å². The van der Waals surface area contributed by atoms with E-state index < -0.39 is 5.85 Å². The molecule has 1 aliphatic rings. The molecule has 0 bridgehead atoms. The van der Waals surface area contributed by atoms with E-state index in [1.54, 1.807) is 0 Å². The van der Waals surface area contributed by atoms with Gasteiger partial charge >= 0.3 is 0 Å². The standard InChI is InChI=1S/C8H10Cl3OP/c9-8(6-13(10,11)12)7-4-2-1-3-5-7/h4,6H,1-3,5H2/b8-6+. The Kier molecular flexibility index (Phi) is 4.38. The molecule has 1 aliphatic carbocycles. The lowest BCUT2D eigenvalue weighted by Crippen LogP contribution is -1.91. The van der Waals surface area contributed by atoms with Gasteiger partial charge < -0.3 is 0 Å². The molecule has 5 heteroatoms. The third-order valence-electron chi connectivity index (χ3n) is 1.86. The Balaban J connectivity index is 2.77. The van der Waals surface area contributed by atoms with E-state index in [2.05, 4.69) is 0 Å². The number of hydrogen-bond acceptors (Lipinski definition) is 1. The molecule has 0 aliphatic heterocycles. The Labute approximate surface area is 92.7 Å². The molecule has 0 saturated carbocycles. The molecule has 0 spiro atoms. The molecule has 0 amide bonds. The maximum atomic E-state index is 11.0. The van der Waals surface area contributed by atoms with E-state index in [1.807, 2.05) is 6.08 Å². The van der Waals surface area contributed by atoms with Crippen LogP contribution in [0, 0.1) is 0 Å². The molecule has 0 N–H and O–H groups in total. The van der Waals surface area contributed by atoms with Crippen LogP contribution < -0.4 is 0 Å². The Morgan fingerprint density at radius 1 is 1.46 bits per heavy atom. The summed E-state index contributed by atoms with van der Waals surface area (Å²) in [5, 5.41) is 0.438. The van der Waals surface area contributed by atoms with Crippen molar-refractivity contribution in [3.8, 4) is 0 Å². The summed E-state index contributed by atoms with van der Waals surface area (Å²) in [6.45, 7) is 0. The van der Waals surface area contributed by atoms with E-state index in [4.69, 9.17) is 34.1 Å². The minimum Gasteiger partial charge on any atom is -0.285 e. The largest absolute Gasteiger partial charge is 0.285 e. The molecule has 13 heavy (non-hydrogen) atoms. The van der Waals surface area contributed by atoms with Crippen LogP contribution in [0.4, 0.5) is 0 Å². The fraction of sp³-hybridized carbons (Fsp3) is 0.500. The summed E-state index contributed by atoms with van der Waals surface area (Å²) in [4.78, 5) is 0. The highest BCUT2D eigenvalue weighted by molar-refractivity contribution is 8.10. The van der Waals surface area contributed by atoms with Crippen LogP contribution in [-0.4, -0.2) is 0 Å². The first-order valence-corrected chi connectivity index (χ1v) is 8.02. The third-order valence-corrected chi connectivity index (χ3v) is 3.51. The van der Waals surface area contributed by atoms with Gasteiger partial charge in [0.15, 0.2) is 0 Å². The van der Waals surface area contributed by atoms with Gasteiger partial charge in [-0.25, -0.2) is 0 Å². The normalized spacial score (nSPS) is 19.9. The fourth-order valence-corrected chi connectivity index (χ4v) is 3.17. The maximum Gasteiger partial charge on any atom is 0.276 e. The molecule has 0 aromatic carbocycles. The molecular weight excluding hydrogens is 249 g/mol. The zero-order valence-electron chi connectivity index (χ0n) is 6.97. The van der Waals surface area contributed by atoms with Crippen LogP contribution in [-0.2, 0) is 4.57 Å². The van der Waals surface area contributed by atoms with Crippen LogP contribution in [0.3, 0.4) is 0 Å². The van der Waals surface area contributed by atoms with Gasteiger partial charge in [-0.05, 0) is 53.7 Å². The number of hydrogen-bond donors (Lipinski definition) is 0. The van der Waals surface area contributed by atoms with Crippen LogP contribution in [0.1, 0.15) is 25.7 Å². The van der Waals surface area contributed by atoms with E-state index in [0.29, 0.717) is 5.03 Å². The lowest BCUT2D eigenvalue weighted by atomic mass is 10.00. The SMILES string of the molecule is O=P(Cl)(Cl)/C=C(/Cl)C1=CCCCC1. The summed E-state index contributed by atoms with van der Waals surface area (Å²) in [7, 11) is 0. The number of halogens is 3. The van der Waals surface area contributed by atoms with Gasteiger partial charge in [-0.1, -0.05) is 17.7 Å². The van der Waals surface area contributed by atoms with Crippen molar-refractivity contribution in [2.24, 2.45) is 0 Å². The molecule has 0 unspecified atom stereocenters. The zero-order chi connectivity index (χ0) is 9.90. The molecule has 1 nitrogen and oxygen atoms in total. The van der Waals surface area contributed by atoms with E-state index in [-0.39, 0.29) is 0 Å². The van der Waals surface area contributed by atoms with Crippen molar-refractivity contribution in [3.63, 3.8) is 0 Å². The van der Waals surface area contributed by atoms with E-state index >= 15 is 0 Å². The first kappa shape index (κ1) is 11.7. The second-order valence-electron chi connectivity index (χ2n) is 2.95. The van der Waals surface area contributed by atoms with Gasteiger partial charge in [0.25, 0.3) is 5.85 Å². The summed E-state index contributed by atoms with van der Waals surface area (Å²) in [6.07, 6.45) is 6.29. The molecule has 0 aromatic heterocycles. The average Bonchev–Trinajstić information content (AvgIpc) is 2.03. The van der Waals surface area contributed by atoms with Gasteiger partial charge in [-0.3, -0.25) is 4.57 Å². The first-order valence-electron chi connectivity index (χ1n) is 4.06. The Morgan fingerprint density at radius 3 is 2.62 bits per heavy atom. The molecule has 0 fully saturated rings. The van der Waals surface area contributed by atoms with Gasteiger partial charge in [0.2, 0.25) is 0 Å². The van der Waals surface area contributed by atoms with Crippen molar-refractivity contribution in [2.75, 3.05) is 0 Å². The van der Waals surface area contributed by atoms with Crippen molar-refractivity contribution >= 4 is 39.9 Å². The summed E-state index contributed by atoms with van der Waals surface area (Å²) >= 11 is 16.7. The topological polar surface area (TPSA) is 17.1 Å². The quantitative estimate of drug-likeness (QED) is 0.620. The molecular formula is C8H10Cl3OP. The molecule has 1 rings (SSSR count). The third kappa shape index (κ3) is 4.56. The predicted octanol–water partition coefficient (Wildman–Crippen LogP) is 5.24. The Morgan fingerprint density at radius 2 is 2.15 bits per heavy atom. The maximum absolute atomic E-state index is 11.0. The number of allylic oxidation sites excluding steroid dienone is 3. The van der Waals surface area contributed by atoms with E-state index in [1.165, 1.54) is 12.2 Å². The zero-order valence-corrected chi connectivity index (χ0v) is 10.1. The van der Waals surface area contributed by atoms with Crippen molar-refractivity contribution in [2.45, 2.75) is 25.7 Å². The predicted molar refractivity (Wildman–Crippen MR) is 59.8 cm³/mol. The second kappa shape index (κ2) is 4.89. The smallest absolute Gasteiger partial charge is 0.276 e. The number of rotatable bonds is 2. The van der Waals surface area contributed by atoms with Crippen LogP contribution in [0.5, 0.6) is 0 Å². The highest BCUT2D eigenvalue weighted by Gasteiger charge is 2.14. The fourth-order valence-electron chi connectivity index (χ4n) is 1.27. The Hall–Kier alpha value is 0.580. The van der Waals surface area contributed by atoms with Gasteiger partial charge in [0, 0.05) is 10.8 Å². The first-order chi connectivity index (χ1) is 5.99. The highest BCUT2D eigenvalue weighted by atomic mass is 35.9. The lowest BCUT2D eigenvalue weighted by molar-refractivity contribution is 0.597. The summed E-state index contributed by atoms with van der Waals surface area (Å²) in [5.41, 5.74) is 1.01.